The molecule has 128 valence electrons. The highest BCUT2D eigenvalue weighted by Gasteiger charge is 2.31. The van der Waals surface area contributed by atoms with Crippen LogP contribution >= 0.6 is 11.6 Å². The standard InChI is InChI=1S/C17H26ClN3O2/c1-17(2,3)23-16(22)20-12-8-9-21(11-12)15(10-19)13-6-4-5-7-14(13)18/h4-7,12,15H,8-11,19H2,1-3H3,(H,20,22)/t12-,15+/m0/s1. The summed E-state index contributed by atoms with van der Waals surface area (Å²) >= 11 is 6.30. The molecule has 1 aromatic rings. The number of nitrogens with two attached hydrogens (primary N) is 1. The lowest BCUT2D eigenvalue weighted by Gasteiger charge is -2.28. The summed E-state index contributed by atoms with van der Waals surface area (Å²) in [7, 11) is 0. The Morgan fingerprint density at radius 1 is 1.48 bits per heavy atom. The van der Waals surface area contributed by atoms with E-state index in [4.69, 9.17) is 22.1 Å². The van der Waals surface area contributed by atoms with Crippen molar-refractivity contribution in [2.24, 2.45) is 5.73 Å². The van der Waals surface area contributed by atoms with Crippen LogP contribution in [0.1, 0.15) is 38.8 Å². The van der Waals surface area contributed by atoms with Gasteiger partial charge in [0.2, 0.25) is 0 Å². The number of nitrogens with zero attached hydrogens (tertiary/aromatic N) is 1. The molecule has 1 aliphatic heterocycles. The smallest absolute Gasteiger partial charge is 0.407 e. The number of nitrogens with one attached hydrogen (secondary N) is 1. The van der Waals surface area contributed by atoms with Crippen molar-refractivity contribution in [1.82, 2.24) is 10.2 Å². The maximum Gasteiger partial charge on any atom is 0.407 e. The number of carbonyl (C=O) groups excluding carboxylic acids is 1. The molecule has 0 spiro atoms. The van der Waals surface area contributed by atoms with Gasteiger partial charge in [-0.3, -0.25) is 4.90 Å². The van der Waals surface area contributed by atoms with E-state index < -0.39 is 5.60 Å². The molecule has 0 saturated carbocycles. The zero-order valence-corrected chi connectivity index (χ0v) is 14.8. The monoisotopic (exact) mass is 339 g/mol. The third kappa shape index (κ3) is 5.09. The molecule has 2 rings (SSSR count). The Hall–Kier alpha value is -1.30. The van der Waals surface area contributed by atoms with Crippen LogP contribution in [0, 0.1) is 0 Å². The molecule has 0 aliphatic carbocycles. The highest BCUT2D eigenvalue weighted by Crippen LogP contribution is 2.29. The van der Waals surface area contributed by atoms with Gasteiger partial charge in [-0.25, -0.2) is 4.79 Å². The van der Waals surface area contributed by atoms with Crippen LogP contribution in [-0.2, 0) is 4.74 Å². The number of carbonyl (C=O) groups is 1. The summed E-state index contributed by atoms with van der Waals surface area (Å²) in [5, 5.41) is 3.66. The Balaban J connectivity index is 1.96. The number of likely N-dealkylation sites (tertiary alicyclic amines) is 1. The maximum absolute atomic E-state index is 11.9. The van der Waals surface area contributed by atoms with E-state index in [1.807, 2.05) is 45.0 Å². The highest BCUT2D eigenvalue weighted by atomic mass is 35.5. The zero-order valence-electron chi connectivity index (χ0n) is 14.0. The third-order valence-electron chi connectivity index (χ3n) is 3.87. The fraction of sp³-hybridized carbons (Fsp3) is 0.588. The minimum atomic E-state index is -0.486. The van der Waals surface area contributed by atoms with Gasteiger partial charge in [0, 0.05) is 36.7 Å². The van der Waals surface area contributed by atoms with Crippen molar-refractivity contribution in [2.45, 2.75) is 44.9 Å². The largest absolute Gasteiger partial charge is 0.444 e. The Morgan fingerprint density at radius 2 is 2.17 bits per heavy atom. The van der Waals surface area contributed by atoms with Crippen molar-refractivity contribution >= 4 is 17.7 Å². The summed E-state index contributed by atoms with van der Waals surface area (Å²) in [6, 6.07) is 7.91. The number of amides is 1. The second-order valence-corrected chi connectivity index (χ2v) is 7.31. The van der Waals surface area contributed by atoms with Gasteiger partial charge in [0.15, 0.2) is 0 Å². The van der Waals surface area contributed by atoms with Crippen LogP contribution in [-0.4, -0.2) is 42.3 Å². The Labute approximate surface area is 143 Å². The fourth-order valence-electron chi connectivity index (χ4n) is 2.88. The normalized spacial score (nSPS) is 20.3. The fourth-order valence-corrected chi connectivity index (χ4v) is 3.14. The molecule has 0 radical (unpaired) electrons. The molecule has 1 heterocycles. The molecule has 6 heteroatoms. The van der Waals surface area contributed by atoms with Crippen molar-refractivity contribution in [3.8, 4) is 0 Å². The Bertz CT molecular complexity index is 545. The molecule has 0 aromatic heterocycles. The first-order valence-electron chi connectivity index (χ1n) is 7.98. The van der Waals surface area contributed by atoms with E-state index in [9.17, 15) is 4.79 Å². The van der Waals surface area contributed by atoms with E-state index in [0.717, 1.165) is 30.1 Å². The van der Waals surface area contributed by atoms with Gasteiger partial charge in [-0.1, -0.05) is 29.8 Å². The predicted octanol–water partition coefficient (Wildman–Crippen LogP) is 2.94. The summed E-state index contributed by atoms with van der Waals surface area (Å²) in [6.45, 7) is 7.67. The molecule has 5 nitrogen and oxygen atoms in total. The topological polar surface area (TPSA) is 67.6 Å². The number of rotatable bonds is 4. The lowest BCUT2D eigenvalue weighted by Crippen LogP contribution is -2.41. The summed E-state index contributed by atoms with van der Waals surface area (Å²) in [6.07, 6.45) is 0.506. The molecule has 1 fully saturated rings. The van der Waals surface area contributed by atoms with Gasteiger partial charge in [0.05, 0.1) is 0 Å². The molecule has 0 unspecified atom stereocenters. The zero-order chi connectivity index (χ0) is 17.0. The maximum atomic E-state index is 11.9. The molecule has 2 atom stereocenters. The average molecular weight is 340 g/mol. The molecule has 3 N–H and O–H groups in total. The number of hydrogen-bond acceptors (Lipinski definition) is 4. The number of hydrogen-bond donors (Lipinski definition) is 2. The van der Waals surface area contributed by atoms with Crippen LogP contribution in [0.3, 0.4) is 0 Å². The van der Waals surface area contributed by atoms with E-state index in [2.05, 4.69) is 10.2 Å². The third-order valence-corrected chi connectivity index (χ3v) is 4.21. The first-order chi connectivity index (χ1) is 10.8. The van der Waals surface area contributed by atoms with Gasteiger partial charge in [-0.05, 0) is 38.8 Å². The van der Waals surface area contributed by atoms with Crippen molar-refractivity contribution in [3.63, 3.8) is 0 Å². The van der Waals surface area contributed by atoms with Crippen LogP contribution in [0.5, 0.6) is 0 Å². The Kier molecular flexibility index (Phi) is 5.89. The van der Waals surface area contributed by atoms with Crippen molar-refractivity contribution < 1.29 is 9.53 Å². The van der Waals surface area contributed by atoms with E-state index in [1.165, 1.54) is 0 Å². The second kappa shape index (κ2) is 7.51. The SMILES string of the molecule is CC(C)(C)OC(=O)N[C@H]1CCN([C@H](CN)c2ccccc2Cl)C1. The highest BCUT2D eigenvalue weighted by molar-refractivity contribution is 6.31. The summed E-state index contributed by atoms with van der Waals surface area (Å²) in [5.74, 6) is 0. The quantitative estimate of drug-likeness (QED) is 0.885. The van der Waals surface area contributed by atoms with Crippen LogP contribution in [0.2, 0.25) is 5.02 Å². The molecule has 1 amide bonds. The van der Waals surface area contributed by atoms with E-state index in [-0.39, 0.29) is 18.2 Å². The molecule has 1 saturated heterocycles. The lowest BCUT2D eigenvalue weighted by atomic mass is 10.1. The molecular formula is C17H26ClN3O2. The average Bonchev–Trinajstić information content (AvgIpc) is 2.87. The molecule has 0 bridgehead atoms. The minimum Gasteiger partial charge on any atom is -0.444 e. The summed E-state index contributed by atoms with van der Waals surface area (Å²) < 4.78 is 5.31. The van der Waals surface area contributed by atoms with E-state index in [0.29, 0.717) is 6.54 Å². The van der Waals surface area contributed by atoms with Gasteiger partial charge in [0.25, 0.3) is 0 Å². The number of benzene rings is 1. The van der Waals surface area contributed by atoms with Crippen molar-refractivity contribution in [2.75, 3.05) is 19.6 Å². The van der Waals surface area contributed by atoms with Crippen LogP contribution in [0.25, 0.3) is 0 Å². The van der Waals surface area contributed by atoms with E-state index in [1.54, 1.807) is 0 Å². The number of alkyl carbamates (subject to hydrolysis) is 1. The van der Waals surface area contributed by atoms with Crippen molar-refractivity contribution in [3.05, 3.63) is 34.9 Å². The van der Waals surface area contributed by atoms with Gasteiger partial charge in [0.1, 0.15) is 5.60 Å². The molecule has 1 aromatic carbocycles. The van der Waals surface area contributed by atoms with Crippen LogP contribution < -0.4 is 11.1 Å². The van der Waals surface area contributed by atoms with Gasteiger partial charge in [-0.15, -0.1) is 0 Å². The number of halogens is 1. The Morgan fingerprint density at radius 3 is 2.78 bits per heavy atom. The van der Waals surface area contributed by atoms with Gasteiger partial charge < -0.3 is 15.8 Å². The first-order valence-corrected chi connectivity index (χ1v) is 8.36. The summed E-state index contributed by atoms with van der Waals surface area (Å²) in [4.78, 5) is 14.2. The molecular weight excluding hydrogens is 314 g/mol. The molecule has 1 aliphatic rings. The minimum absolute atomic E-state index is 0.0640. The predicted molar refractivity (Wildman–Crippen MR) is 92.6 cm³/mol. The van der Waals surface area contributed by atoms with Crippen molar-refractivity contribution in [1.29, 1.82) is 0 Å². The first kappa shape index (κ1) is 18.0. The van der Waals surface area contributed by atoms with Gasteiger partial charge in [-0.2, -0.15) is 0 Å². The molecule has 23 heavy (non-hydrogen) atoms. The van der Waals surface area contributed by atoms with Crippen LogP contribution in [0.4, 0.5) is 4.79 Å². The van der Waals surface area contributed by atoms with Gasteiger partial charge >= 0.3 is 6.09 Å². The lowest BCUT2D eigenvalue weighted by molar-refractivity contribution is 0.0504. The second-order valence-electron chi connectivity index (χ2n) is 6.90. The number of ether oxygens (including phenoxy) is 1. The van der Waals surface area contributed by atoms with E-state index >= 15 is 0 Å². The summed E-state index contributed by atoms with van der Waals surface area (Å²) in [5.41, 5.74) is 6.52. The van der Waals surface area contributed by atoms with Crippen LogP contribution in [0.15, 0.2) is 24.3 Å².